The number of rotatable bonds is 7. The molecule has 0 spiro atoms. The standard InChI is InChI=1S/C20H25F2N3O2/c1-13(2)23-20(26)14-7-9-15(10-8-14)27-12-11-25-17-6-4-3-5-16(17)18(24-25)19(21)22/h7-10,13,19H,3-6,11-12H2,1-2H3,(H,23,26). The number of carbonyl (C=O) groups is 1. The van der Waals surface area contributed by atoms with Gasteiger partial charge >= 0.3 is 0 Å². The van der Waals surface area contributed by atoms with E-state index in [2.05, 4.69) is 10.4 Å². The van der Waals surface area contributed by atoms with Crippen molar-refractivity contribution in [2.45, 2.75) is 58.5 Å². The first-order valence-corrected chi connectivity index (χ1v) is 9.36. The third-order valence-corrected chi connectivity index (χ3v) is 4.60. The minimum absolute atomic E-state index is 0.0755. The molecule has 0 unspecified atom stereocenters. The summed E-state index contributed by atoms with van der Waals surface area (Å²) in [5.74, 6) is 0.505. The van der Waals surface area contributed by atoms with Gasteiger partial charge in [0.2, 0.25) is 0 Å². The Morgan fingerprint density at radius 1 is 1.22 bits per heavy atom. The molecule has 0 saturated heterocycles. The molecule has 0 aliphatic heterocycles. The Labute approximate surface area is 157 Å². The second-order valence-electron chi connectivity index (χ2n) is 7.04. The average Bonchev–Trinajstić information content (AvgIpc) is 3.01. The molecule has 1 aliphatic carbocycles. The fourth-order valence-corrected chi connectivity index (χ4v) is 3.36. The van der Waals surface area contributed by atoms with Crippen LogP contribution in [0.3, 0.4) is 0 Å². The van der Waals surface area contributed by atoms with Gasteiger partial charge in [0.25, 0.3) is 12.3 Å². The van der Waals surface area contributed by atoms with Crippen LogP contribution in [0.5, 0.6) is 5.75 Å². The lowest BCUT2D eigenvalue weighted by Crippen LogP contribution is -2.29. The molecule has 1 aromatic heterocycles. The highest BCUT2D eigenvalue weighted by Crippen LogP contribution is 2.30. The van der Waals surface area contributed by atoms with Gasteiger partial charge in [-0.15, -0.1) is 0 Å². The highest BCUT2D eigenvalue weighted by Gasteiger charge is 2.25. The average molecular weight is 377 g/mol. The number of amides is 1. The summed E-state index contributed by atoms with van der Waals surface area (Å²) in [7, 11) is 0. The molecular formula is C20H25F2N3O2. The van der Waals surface area contributed by atoms with E-state index in [0.29, 0.717) is 30.9 Å². The molecular weight excluding hydrogens is 352 g/mol. The number of nitrogens with one attached hydrogen (secondary N) is 1. The second kappa shape index (κ2) is 8.50. The lowest BCUT2D eigenvalue weighted by atomic mass is 9.96. The van der Waals surface area contributed by atoms with Crippen molar-refractivity contribution in [1.82, 2.24) is 15.1 Å². The highest BCUT2D eigenvalue weighted by atomic mass is 19.3. The van der Waals surface area contributed by atoms with Gasteiger partial charge in [0, 0.05) is 22.9 Å². The molecule has 27 heavy (non-hydrogen) atoms. The van der Waals surface area contributed by atoms with Gasteiger partial charge in [-0.3, -0.25) is 9.48 Å². The minimum Gasteiger partial charge on any atom is -0.492 e. The predicted octanol–water partition coefficient (Wildman–Crippen LogP) is 3.92. The Bertz CT molecular complexity index is 785. The van der Waals surface area contributed by atoms with Crippen LogP contribution in [0.25, 0.3) is 0 Å². The predicted molar refractivity (Wildman–Crippen MR) is 98.4 cm³/mol. The molecule has 1 heterocycles. The van der Waals surface area contributed by atoms with Crippen LogP contribution < -0.4 is 10.1 Å². The van der Waals surface area contributed by atoms with Gasteiger partial charge in [-0.05, 0) is 63.8 Å². The number of nitrogens with zero attached hydrogens (tertiary/aromatic N) is 2. The Balaban J connectivity index is 1.59. The Kier molecular flexibility index (Phi) is 6.08. The van der Waals surface area contributed by atoms with Crippen molar-refractivity contribution >= 4 is 5.91 Å². The number of hydrogen-bond acceptors (Lipinski definition) is 3. The first kappa shape index (κ1) is 19.3. The molecule has 0 bridgehead atoms. The molecule has 1 aliphatic rings. The number of fused-ring (bicyclic) bond motifs is 1. The Hall–Kier alpha value is -2.44. The molecule has 5 nitrogen and oxygen atoms in total. The summed E-state index contributed by atoms with van der Waals surface area (Å²) in [6.45, 7) is 4.56. The number of alkyl halides is 2. The van der Waals surface area contributed by atoms with E-state index in [-0.39, 0.29) is 17.6 Å². The summed E-state index contributed by atoms with van der Waals surface area (Å²) in [5, 5.41) is 6.95. The molecule has 0 atom stereocenters. The van der Waals surface area contributed by atoms with Crippen molar-refractivity contribution in [3.05, 3.63) is 46.8 Å². The fraction of sp³-hybridized carbons (Fsp3) is 0.500. The molecule has 1 N–H and O–H groups in total. The zero-order valence-electron chi connectivity index (χ0n) is 15.7. The number of benzene rings is 1. The topological polar surface area (TPSA) is 56.1 Å². The fourth-order valence-electron chi connectivity index (χ4n) is 3.36. The molecule has 0 radical (unpaired) electrons. The van der Waals surface area contributed by atoms with Crippen LogP contribution in [0.15, 0.2) is 24.3 Å². The van der Waals surface area contributed by atoms with Gasteiger partial charge in [-0.2, -0.15) is 5.10 Å². The quantitative estimate of drug-likeness (QED) is 0.796. The van der Waals surface area contributed by atoms with E-state index in [1.807, 2.05) is 13.8 Å². The molecule has 1 aromatic carbocycles. The van der Waals surface area contributed by atoms with Gasteiger partial charge in [0.1, 0.15) is 18.1 Å². The normalized spacial score (nSPS) is 13.7. The van der Waals surface area contributed by atoms with E-state index in [1.54, 1.807) is 28.9 Å². The SMILES string of the molecule is CC(C)NC(=O)c1ccc(OCCn2nc(C(F)F)c3c2CCCC3)cc1. The molecule has 1 amide bonds. The number of hydrogen-bond donors (Lipinski definition) is 1. The van der Waals surface area contributed by atoms with Crippen LogP contribution in [0.2, 0.25) is 0 Å². The zero-order chi connectivity index (χ0) is 19.4. The van der Waals surface area contributed by atoms with Gasteiger partial charge < -0.3 is 10.1 Å². The lowest BCUT2D eigenvalue weighted by Gasteiger charge is -2.14. The van der Waals surface area contributed by atoms with E-state index in [4.69, 9.17) is 4.74 Å². The summed E-state index contributed by atoms with van der Waals surface area (Å²) < 4.78 is 33.8. The highest BCUT2D eigenvalue weighted by molar-refractivity contribution is 5.94. The van der Waals surface area contributed by atoms with Gasteiger partial charge in [0.15, 0.2) is 0 Å². The van der Waals surface area contributed by atoms with E-state index in [0.717, 1.165) is 30.5 Å². The minimum atomic E-state index is -2.54. The Morgan fingerprint density at radius 3 is 2.59 bits per heavy atom. The molecule has 2 aromatic rings. The summed E-state index contributed by atoms with van der Waals surface area (Å²) >= 11 is 0. The number of halogens is 2. The maximum absolute atomic E-state index is 13.2. The number of aromatic nitrogens is 2. The van der Waals surface area contributed by atoms with Gasteiger partial charge in [0.05, 0.1) is 6.54 Å². The van der Waals surface area contributed by atoms with E-state index in [9.17, 15) is 13.6 Å². The lowest BCUT2D eigenvalue weighted by molar-refractivity contribution is 0.0943. The van der Waals surface area contributed by atoms with Crippen LogP contribution >= 0.6 is 0 Å². The van der Waals surface area contributed by atoms with Crippen LogP contribution in [0.1, 0.15) is 60.4 Å². The van der Waals surface area contributed by atoms with E-state index >= 15 is 0 Å². The molecule has 0 fully saturated rings. The maximum Gasteiger partial charge on any atom is 0.282 e. The summed E-state index contributed by atoms with van der Waals surface area (Å²) in [6.07, 6.45) is 0.863. The number of carbonyl (C=O) groups excluding carboxylic acids is 1. The summed E-state index contributed by atoms with van der Waals surface area (Å²) in [6, 6.07) is 6.96. The molecule has 3 rings (SSSR count). The summed E-state index contributed by atoms with van der Waals surface area (Å²) in [4.78, 5) is 11.9. The molecule has 0 saturated carbocycles. The van der Waals surface area contributed by atoms with Crippen LogP contribution in [-0.2, 0) is 19.4 Å². The van der Waals surface area contributed by atoms with Crippen LogP contribution in [-0.4, -0.2) is 28.3 Å². The second-order valence-corrected chi connectivity index (χ2v) is 7.04. The van der Waals surface area contributed by atoms with Gasteiger partial charge in [-0.25, -0.2) is 8.78 Å². The number of ether oxygens (including phenoxy) is 1. The van der Waals surface area contributed by atoms with Crippen molar-refractivity contribution in [1.29, 1.82) is 0 Å². The van der Waals surface area contributed by atoms with Crippen molar-refractivity contribution in [3.8, 4) is 5.75 Å². The third kappa shape index (κ3) is 4.64. The molecule has 7 heteroatoms. The van der Waals surface area contributed by atoms with E-state index in [1.165, 1.54) is 0 Å². The first-order valence-electron chi connectivity index (χ1n) is 9.36. The zero-order valence-corrected chi connectivity index (χ0v) is 15.7. The van der Waals surface area contributed by atoms with E-state index < -0.39 is 6.43 Å². The van der Waals surface area contributed by atoms with Crippen LogP contribution in [0, 0.1) is 0 Å². The smallest absolute Gasteiger partial charge is 0.282 e. The Morgan fingerprint density at radius 2 is 1.93 bits per heavy atom. The van der Waals surface area contributed by atoms with Crippen molar-refractivity contribution < 1.29 is 18.3 Å². The van der Waals surface area contributed by atoms with Gasteiger partial charge in [-0.1, -0.05) is 0 Å². The van der Waals surface area contributed by atoms with Crippen molar-refractivity contribution in [2.75, 3.05) is 6.61 Å². The van der Waals surface area contributed by atoms with Crippen molar-refractivity contribution in [2.24, 2.45) is 0 Å². The largest absolute Gasteiger partial charge is 0.492 e. The first-order chi connectivity index (χ1) is 13.0. The monoisotopic (exact) mass is 377 g/mol. The van der Waals surface area contributed by atoms with Crippen LogP contribution in [0.4, 0.5) is 8.78 Å². The maximum atomic E-state index is 13.2. The molecule has 146 valence electrons. The summed E-state index contributed by atoms with van der Waals surface area (Å²) in [5.41, 5.74) is 2.13. The van der Waals surface area contributed by atoms with Crippen molar-refractivity contribution in [3.63, 3.8) is 0 Å². The third-order valence-electron chi connectivity index (χ3n) is 4.60.